The fourth-order valence-corrected chi connectivity index (χ4v) is 1.58. The van der Waals surface area contributed by atoms with Gasteiger partial charge in [-0.2, -0.15) is 0 Å². The number of methoxy groups -OCH3 is 1. The molecule has 2 rings (SSSR count). The van der Waals surface area contributed by atoms with Crippen LogP contribution in [0.2, 0.25) is 0 Å². The van der Waals surface area contributed by atoms with Crippen molar-refractivity contribution in [1.29, 1.82) is 0 Å². The minimum absolute atomic E-state index is 0.248. The Balaban J connectivity index is 2.11. The molecule has 0 unspecified atom stereocenters. The highest BCUT2D eigenvalue weighted by molar-refractivity contribution is 6.03. The van der Waals surface area contributed by atoms with Gasteiger partial charge in [0.25, 0.3) is 5.91 Å². The maximum atomic E-state index is 12.0. The number of pyridine rings is 1. The van der Waals surface area contributed by atoms with Crippen molar-refractivity contribution < 1.29 is 9.53 Å². The Morgan fingerprint density at radius 1 is 1.16 bits per heavy atom. The lowest BCUT2D eigenvalue weighted by atomic mass is 10.2. The van der Waals surface area contributed by atoms with Crippen molar-refractivity contribution in [2.24, 2.45) is 0 Å². The number of hydrogen-bond donors (Lipinski definition) is 2. The summed E-state index contributed by atoms with van der Waals surface area (Å²) in [6, 6.07) is 10.6. The zero-order valence-electron chi connectivity index (χ0n) is 10.8. The van der Waals surface area contributed by atoms with E-state index < -0.39 is 0 Å². The average Bonchev–Trinajstić information content (AvgIpc) is 2.48. The van der Waals surface area contributed by atoms with Gasteiger partial charge in [-0.25, -0.2) is 0 Å². The molecule has 2 aromatic rings. The second-order valence-corrected chi connectivity index (χ2v) is 3.86. The van der Waals surface area contributed by atoms with E-state index in [1.807, 2.05) is 0 Å². The topological polar surface area (TPSA) is 63.2 Å². The van der Waals surface area contributed by atoms with Crippen LogP contribution in [-0.4, -0.2) is 25.0 Å². The zero-order valence-corrected chi connectivity index (χ0v) is 10.8. The number of amides is 1. The van der Waals surface area contributed by atoms with E-state index in [0.29, 0.717) is 11.4 Å². The molecular formula is C14H15N3O2. The first kappa shape index (κ1) is 12.9. The Kier molecular flexibility index (Phi) is 3.97. The molecule has 0 spiro atoms. The molecule has 98 valence electrons. The fraction of sp³-hybridized carbons (Fsp3) is 0.143. The lowest BCUT2D eigenvalue weighted by Crippen LogP contribution is -2.13. The minimum atomic E-state index is -0.248. The largest absolute Gasteiger partial charge is 0.497 e. The predicted molar refractivity (Wildman–Crippen MR) is 74.7 cm³/mol. The van der Waals surface area contributed by atoms with E-state index in [1.165, 1.54) is 0 Å². The summed E-state index contributed by atoms with van der Waals surface area (Å²) in [6.45, 7) is 0. The number of hydrogen-bond acceptors (Lipinski definition) is 4. The first-order valence-corrected chi connectivity index (χ1v) is 5.82. The Labute approximate surface area is 111 Å². The number of nitrogens with one attached hydrogen (secondary N) is 2. The number of anilines is 2. The third kappa shape index (κ3) is 3.22. The maximum absolute atomic E-state index is 12.0. The van der Waals surface area contributed by atoms with Crippen LogP contribution in [0.15, 0.2) is 42.6 Å². The molecule has 0 bridgehead atoms. The fourth-order valence-electron chi connectivity index (χ4n) is 1.58. The predicted octanol–water partition coefficient (Wildman–Crippen LogP) is 2.38. The molecule has 0 aliphatic heterocycles. The third-order valence-corrected chi connectivity index (χ3v) is 2.63. The third-order valence-electron chi connectivity index (χ3n) is 2.63. The van der Waals surface area contributed by atoms with E-state index in [9.17, 15) is 4.79 Å². The Morgan fingerprint density at radius 3 is 2.53 bits per heavy atom. The number of aromatic nitrogens is 1. The highest BCUT2D eigenvalue weighted by atomic mass is 16.5. The SMILES string of the molecule is CNc1ccnc(C(=O)Nc2ccc(OC)cc2)c1. The summed E-state index contributed by atoms with van der Waals surface area (Å²) in [5, 5.41) is 5.74. The van der Waals surface area contributed by atoms with Gasteiger partial charge in [0, 0.05) is 24.6 Å². The van der Waals surface area contributed by atoms with Crippen LogP contribution >= 0.6 is 0 Å². The van der Waals surface area contributed by atoms with E-state index in [4.69, 9.17) is 4.74 Å². The van der Waals surface area contributed by atoms with Crippen molar-refractivity contribution in [1.82, 2.24) is 4.98 Å². The van der Waals surface area contributed by atoms with Gasteiger partial charge in [-0.3, -0.25) is 9.78 Å². The summed E-state index contributed by atoms with van der Waals surface area (Å²) in [4.78, 5) is 16.0. The number of ether oxygens (including phenoxy) is 1. The highest BCUT2D eigenvalue weighted by Crippen LogP contribution is 2.16. The second-order valence-electron chi connectivity index (χ2n) is 3.86. The summed E-state index contributed by atoms with van der Waals surface area (Å²) >= 11 is 0. The lowest BCUT2D eigenvalue weighted by molar-refractivity contribution is 0.102. The first-order chi connectivity index (χ1) is 9.22. The number of carbonyl (C=O) groups excluding carboxylic acids is 1. The van der Waals surface area contributed by atoms with Gasteiger partial charge in [-0.1, -0.05) is 0 Å². The number of nitrogens with zero attached hydrogens (tertiary/aromatic N) is 1. The zero-order chi connectivity index (χ0) is 13.7. The lowest BCUT2D eigenvalue weighted by Gasteiger charge is -2.07. The number of rotatable bonds is 4. The maximum Gasteiger partial charge on any atom is 0.274 e. The van der Waals surface area contributed by atoms with Crippen LogP contribution in [0.1, 0.15) is 10.5 Å². The number of benzene rings is 1. The smallest absolute Gasteiger partial charge is 0.274 e. The Bertz CT molecular complexity index is 567. The molecule has 0 saturated heterocycles. The van der Waals surface area contributed by atoms with Crippen molar-refractivity contribution >= 4 is 17.3 Å². The first-order valence-electron chi connectivity index (χ1n) is 5.82. The van der Waals surface area contributed by atoms with Gasteiger partial charge in [0.2, 0.25) is 0 Å². The molecule has 1 heterocycles. The molecule has 0 aliphatic rings. The summed E-state index contributed by atoms with van der Waals surface area (Å²) in [5.74, 6) is 0.496. The molecule has 1 amide bonds. The van der Waals surface area contributed by atoms with Crippen LogP contribution in [0, 0.1) is 0 Å². The van der Waals surface area contributed by atoms with E-state index in [-0.39, 0.29) is 5.91 Å². The molecule has 1 aromatic carbocycles. The molecule has 1 aromatic heterocycles. The second kappa shape index (κ2) is 5.86. The van der Waals surface area contributed by atoms with E-state index >= 15 is 0 Å². The summed E-state index contributed by atoms with van der Waals surface area (Å²) in [6.07, 6.45) is 1.59. The van der Waals surface area contributed by atoms with Crippen LogP contribution in [0.3, 0.4) is 0 Å². The van der Waals surface area contributed by atoms with Crippen molar-refractivity contribution in [3.8, 4) is 5.75 Å². The van der Waals surface area contributed by atoms with Gasteiger partial charge in [0.15, 0.2) is 0 Å². The average molecular weight is 257 g/mol. The standard InChI is InChI=1S/C14H15N3O2/c1-15-11-7-8-16-13(9-11)14(18)17-10-3-5-12(19-2)6-4-10/h3-9H,1-2H3,(H,15,16)(H,17,18). The molecule has 0 saturated carbocycles. The molecule has 0 atom stereocenters. The molecular weight excluding hydrogens is 242 g/mol. The quantitative estimate of drug-likeness (QED) is 0.882. The van der Waals surface area contributed by atoms with Gasteiger partial charge >= 0.3 is 0 Å². The normalized spacial score (nSPS) is 9.79. The number of carbonyl (C=O) groups is 1. The van der Waals surface area contributed by atoms with Gasteiger partial charge in [0.05, 0.1) is 7.11 Å². The van der Waals surface area contributed by atoms with Gasteiger partial charge in [-0.05, 0) is 36.4 Å². The van der Waals surface area contributed by atoms with Crippen LogP contribution in [-0.2, 0) is 0 Å². The molecule has 0 aliphatic carbocycles. The van der Waals surface area contributed by atoms with Crippen molar-refractivity contribution in [3.63, 3.8) is 0 Å². The van der Waals surface area contributed by atoms with Crippen molar-refractivity contribution in [2.75, 3.05) is 24.8 Å². The monoisotopic (exact) mass is 257 g/mol. The van der Waals surface area contributed by atoms with Gasteiger partial charge in [-0.15, -0.1) is 0 Å². The van der Waals surface area contributed by atoms with Crippen molar-refractivity contribution in [3.05, 3.63) is 48.3 Å². The van der Waals surface area contributed by atoms with Crippen molar-refractivity contribution in [2.45, 2.75) is 0 Å². The van der Waals surface area contributed by atoms with Crippen LogP contribution in [0.4, 0.5) is 11.4 Å². The van der Waals surface area contributed by atoms with Crippen LogP contribution in [0.25, 0.3) is 0 Å². The molecule has 5 nitrogen and oxygen atoms in total. The molecule has 0 fully saturated rings. The minimum Gasteiger partial charge on any atom is -0.497 e. The molecule has 5 heteroatoms. The molecule has 19 heavy (non-hydrogen) atoms. The van der Waals surface area contributed by atoms with E-state index in [2.05, 4.69) is 15.6 Å². The van der Waals surface area contributed by atoms with Crippen LogP contribution < -0.4 is 15.4 Å². The van der Waals surface area contributed by atoms with Gasteiger partial charge in [0.1, 0.15) is 11.4 Å². The summed E-state index contributed by atoms with van der Waals surface area (Å²) in [5.41, 5.74) is 1.90. The Morgan fingerprint density at radius 2 is 1.89 bits per heavy atom. The molecule has 2 N–H and O–H groups in total. The van der Waals surface area contributed by atoms with Gasteiger partial charge < -0.3 is 15.4 Å². The highest BCUT2D eigenvalue weighted by Gasteiger charge is 2.08. The summed E-state index contributed by atoms with van der Waals surface area (Å²) in [7, 11) is 3.39. The van der Waals surface area contributed by atoms with E-state index in [1.54, 1.807) is 56.8 Å². The Hall–Kier alpha value is -2.56. The van der Waals surface area contributed by atoms with Crippen LogP contribution in [0.5, 0.6) is 5.75 Å². The summed E-state index contributed by atoms with van der Waals surface area (Å²) < 4.78 is 5.06. The van der Waals surface area contributed by atoms with E-state index in [0.717, 1.165) is 11.4 Å². The molecule has 0 radical (unpaired) electrons.